The molecule has 0 aliphatic heterocycles. The van der Waals surface area contributed by atoms with Gasteiger partial charge in [0.2, 0.25) is 0 Å². The molecule has 1 aromatic carbocycles. The van der Waals surface area contributed by atoms with Gasteiger partial charge in [0, 0.05) is 24.7 Å². The van der Waals surface area contributed by atoms with E-state index in [0.717, 1.165) is 12.8 Å². The predicted molar refractivity (Wildman–Crippen MR) is 116 cm³/mol. The molecule has 0 unspecified atom stereocenters. The molecule has 0 amide bonds. The van der Waals surface area contributed by atoms with Crippen LogP contribution in [-0.4, -0.2) is 30.0 Å². The fourth-order valence-corrected chi connectivity index (χ4v) is 3.85. The summed E-state index contributed by atoms with van der Waals surface area (Å²) in [5.74, 6) is -0.188. The van der Waals surface area contributed by atoms with Crippen molar-refractivity contribution in [1.82, 2.24) is 15.3 Å². The predicted octanol–water partition coefficient (Wildman–Crippen LogP) is 6.41. The lowest BCUT2D eigenvalue weighted by atomic mass is 10.1. The minimum atomic E-state index is -4.78. The SMILES string of the molecule is CCC(=CCNCc1nc(-c2ccc(OC(F)(F)F)cc2OC)c(Br)nc1Br)CC. The molecule has 0 bridgehead atoms. The third kappa shape index (κ3) is 6.95. The lowest BCUT2D eigenvalue weighted by molar-refractivity contribution is -0.274. The van der Waals surface area contributed by atoms with Crippen molar-refractivity contribution in [1.29, 1.82) is 0 Å². The van der Waals surface area contributed by atoms with Crippen molar-refractivity contribution < 1.29 is 22.6 Å². The van der Waals surface area contributed by atoms with Gasteiger partial charge in [0.05, 0.1) is 12.8 Å². The number of nitrogens with one attached hydrogen (secondary N) is 1. The van der Waals surface area contributed by atoms with E-state index in [9.17, 15) is 13.2 Å². The van der Waals surface area contributed by atoms with Gasteiger partial charge in [0.25, 0.3) is 0 Å². The Balaban J connectivity index is 2.29. The molecule has 0 saturated carbocycles. The van der Waals surface area contributed by atoms with Gasteiger partial charge in [-0.25, -0.2) is 9.97 Å². The molecule has 164 valence electrons. The zero-order chi connectivity index (χ0) is 22.3. The summed E-state index contributed by atoms with van der Waals surface area (Å²) in [6, 6.07) is 3.83. The van der Waals surface area contributed by atoms with Crippen molar-refractivity contribution in [2.75, 3.05) is 13.7 Å². The number of alkyl halides is 3. The summed E-state index contributed by atoms with van der Waals surface area (Å²) in [6.45, 7) is 5.40. The van der Waals surface area contributed by atoms with Gasteiger partial charge in [0.15, 0.2) is 0 Å². The zero-order valence-electron chi connectivity index (χ0n) is 16.7. The second kappa shape index (κ2) is 11.1. The minimum Gasteiger partial charge on any atom is -0.496 e. The molecule has 0 spiro atoms. The minimum absolute atomic E-state index is 0.187. The van der Waals surface area contributed by atoms with E-state index in [-0.39, 0.29) is 11.5 Å². The quantitative estimate of drug-likeness (QED) is 0.288. The van der Waals surface area contributed by atoms with E-state index in [2.05, 4.69) is 71.8 Å². The first-order chi connectivity index (χ1) is 14.2. The molecule has 0 aliphatic carbocycles. The molecule has 30 heavy (non-hydrogen) atoms. The smallest absolute Gasteiger partial charge is 0.496 e. The number of hydrogen-bond acceptors (Lipinski definition) is 5. The standard InChI is InChI=1S/C20H22Br2F3N3O2/c1-4-12(5-2)8-9-26-11-15-18(21)28-19(22)17(27-15)14-7-6-13(10-16(14)29-3)30-20(23,24)25/h6-8,10,26H,4-5,9,11H2,1-3H3. The molecule has 2 rings (SSSR count). The summed E-state index contributed by atoms with van der Waals surface area (Å²) in [5.41, 5.74) is 2.96. The van der Waals surface area contributed by atoms with Crippen LogP contribution < -0.4 is 14.8 Å². The van der Waals surface area contributed by atoms with Crippen molar-refractivity contribution in [2.24, 2.45) is 0 Å². The van der Waals surface area contributed by atoms with Gasteiger partial charge in [0.1, 0.15) is 26.4 Å². The Kier molecular flexibility index (Phi) is 9.11. The van der Waals surface area contributed by atoms with Gasteiger partial charge in [-0.15, -0.1) is 13.2 Å². The van der Waals surface area contributed by atoms with Crippen LogP contribution in [0.25, 0.3) is 11.3 Å². The number of ether oxygens (including phenoxy) is 2. The number of benzene rings is 1. The molecule has 0 atom stereocenters. The van der Waals surface area contributed by atoms with Gasteiger partial charge < -0.3 is 14.8 Å². The Morgan fingerprint density at radius 2 is 1.83 bits per heavy atom. The van der Waals surface area contributed by atoms with Crippen LogP contribution in [0.1, 0.15) is 32.4 Å². The normalized spacial score (nSPS) is 11.3. The highest BCUT2D eigenvalue weighted by atomic mass is 79.9. The van der Waals surface area contributed by atoms with Crippen LogP contribution in [0, 0.1) is 0 Å². The zero-order valence-corrected chi connectivity index (χ0v) is 19.9. The van der Waals surface area contributed by atoms with Gasteiger partial charge in [-0.2, -0.15) is 0 Å². The molecule has 1 N–H and O–H groups in total. The summed E-state index contributed by atoms with van der Waals surface area (Å²) in [7, 11) is 1.37. The second-order valence-electron chi connectivity index (χ2n) is 6.21. The fraction of sp³-hybridized carbons (Fsp3) is 0.400. The maximum atomic E-state index is 12.5. The Bertz CT molecular complexity index is 900. The van der Waals surface area contributed by atoms with Gasteiger partial charge in [-0.05, 0) is 56.8 Å². The summed E-state index contributed by atoms with van der Waals surface area (Å²) in [6.07, 6.45) is -0.605. The third-order valence-corrected chi connectivity index (χ3v) is 5.46. The first-order valence-electron chi connectivity index (χ1n) is 9.23. The summed E-state index contributed by atoms with van der Waals surface area (Å²) in [4.78, 5) is 9.03. The van der Waals surface area contributed by atoms with Crippen LogP contribution >= 0.6 is 31.9 Å². The summed E-state index contributed by atoms with van der Waals surface area (Å²) in [5, 5.41) is 3.30. The first-order valence-corrected chi connectivity index (χ1v) is 10.8. The van der Waals surface area contributed by atoms with E-state index in [4.69, 9.17) is 4.74 Å². The number of rotatable bonds is 9. The average Bonchev–Trinajstić information content (AvgIpc) is 2.68. The van der Waals surface area contributed by atoms with Crippen LogP contribution in [0.4, 0.5) is 13.2 Å². The highest BCUT2D eigenvalue weighted by Crippen LogP contribution is 2.37. The van der Waals surface area contributed by atoms with Crippen molar-refractivity contribution in [3.05, 3.63) is 44.7 Å². The number of hydrogen-bond donors (Lipinski definition) is 1. The van der Waals surface area contributed by atoms with Crippen LogP contribution in [0.5, 0.6) is 11.5 Å². The largest absolute Gasteiger partial charge is 0.573 e. The maximum Gasteiger partial charge on any atom is 0.573 e. The van der Waals surface area contributed by atoms with E-state index in [1.165, 1.54) is 30.9 Å². The highest BCUT2D eigenvalue weighted by molar-refractivity contribution is 9.11. The van der Waals surface area contributed by atoms with E-state index in [1.807, 2.05) is 0 Å². The van der Waals surface area contributed by atoms with Crippen LogP contribution in [0.15, 0.2) is 39.1 Å². The summed E-state index contributed by atoms with van der Waals surface area (Å²) < 4.78 is 47.7. The molecule has 2 aromatic rings. The summed E-state index contributed by atoms with van der Waals surface area (Å²) >= 11 is 6.78. The molecular weight excluding hydrogens is 531 g/mol. The van der Waals surface area contributed by atoms with Crippen molar-refractivity contribution in [3.63, 3.8) is 0 Å². The number of halogens is 5. The van der Waals surface area contributed by atoms with Gasteiger partial charge in [-0.1, -0.05) is 25.5 Å². The van der Waals surface area contributed by atoms with Gasteiger partial charge >= 0.3 is 6.36 Å². The van der Waals surface area contributed by atoms with Crippen LogP contribution in [-0.2, 0) is 6.54 Å². The molecule has 1 heterocycles. The number of nitrogens with zero attached hydrogens (tertiary/aromatic N) is 2. The molecule has 10 heteroatoms. The Morgan fingerprint density at radius 3 is 2.43 bits per heavy atom. The molecular formula is C20H22Br2F3N3O2. The average molecular weight is 553 g/mol. The maximum absolute atomic E-state index is 12.5. The van der Waals surface area contributed by atoms with E-state index in [1.54, 1.807) is 0 Å². The van der Waals surface area contributed by atoms with Crippen molar-refractivity contribution in [3.8, 4) is 22.8 Å². The monoisotopic (exact) mass is 551 g/mol. The Morgan fingerprint density at radius 1 is 1.13 bits per heavy atom. The van der Waals surface area contributed by atoms with Crippen molar-refractivity contribution in [2.45, 2.75) is 39.6 Å². The molecule has 0 fully saturated rings. The molecule has 0 saturated heterocycles. The number of methoxy groups -OCH3 is 1. The lowest BCUT2D eigenvalue weighted by Gasteiger charge is -2.14. The molecule has 1 aromatic heterocycles. The van der Waals surface area contributed by atoms with Crippen molar-refractivity contribution >= 4 is 31.9 Å². The third-order valence-electron chi connectivity index (χ3n) is 4.27. The lowest BCUT2D eigenvalue weighted by Crippen LogP contribution is -2.17. The molecule has 5 nitrogen and oxygen atoms in total. The Hall–Kier alpha value is -1.65. The Labute approximate surface area is 190 Å². The molecule has 0 aliphatic rings. The highest BCUT2D eigenvalue weighted by Gasteiger charge is 2.31. The number of aromatic nitrogens is 2. The van der Waals surface area contributed by atoms with Crippen LogP contribution in [0.3, 0.4) is 0 Å². The van der Waals surface area contributed by atoms with Crippen LogP contribution in [0.2, 0.25) is 0 Å². The first kappa shape index (κ1) is 24.6. The number of allylic oxidation sites excluding steroid dienone is 1. The topological polar surface area (TPSA) is 56.3 Å². The second-order valence-corrected chi connectivity index (χ2v) is 7.71. The fourth-order valence-electron chi connectivity index (χ4n) is 2.72. The van der Waals surface area contributed by atoms with Gasteiger partial charge in [-0.3, -0.25) is 0 Å². The van der Waals surface area contributed by atoms with E-state index in [0.29, 0.717) is 39.2 Å². The van der Waals surface area contributed by atoms with E-state index >= 15 is 0 Å². The van der Waals surface area contributed by atoms with E-state index < -0.39 is 6.36 Å². The molecule has 0 radical (unpaired) electrons.